The molecule has 0 fully saturated rings. The molecule has 2 heterocycles. The second kappa shape index (κ2) is 5.44. The lowest BCUT2D eigenvalue weighted by atomic mass is 10.3. The summed E-state index contributed by atoms with van der Waals surface area (Å²) >= 11 is 0. The molecule has 0 aliphatic heterocycles. The number of hydrogen-bond donors (Lipinski definition) is 1. The van der Waals surface area contributed by atoms with Crippen molar-refractivity contribution in [1.29, 1.82) is 0 Å². The molecule has 0 saturated carbocycles. The van der Waals surface area contributed by atoms with Crippen molar-refractivity contribution in [3.63, 3.8) is 0 Å². The van der Waals surface area contributed by atoms with E-state index in [4.69, 9.17) is 0 Å². The molecule has 1 atom stereocenters. The quantitative estimate of drug-likeness (QED) is 0.920. The van der Waals surface area contributed by atoms with Gasteiger partial charge in [-0.2, -0.15) is 5.10 Å². The molecule has 1 unspecified atom stereocenters. The monoisotopic (exact) mass is 310 g/mol. The Hall–Kier alpha value is -1.96. The first kappa shape index (κ1) is 15.4. The fourth-order valence-electron chi connectivity index (χ4n) is 1.82. The zero-order valence-corrected chi connectivity index (χ0v) is 13.2. The molecule has 1 amide bonds. The zero-order chi connectivity index (χ0) is 15.8. The minimum atomic E-state index is -3.42. The number of pyridine rings is 1. The number of carbonyl (C=O) groups excluding carboxylic acids is 1. The molecule has 2 rings (SSSR count). The third-order valence-electron chi connectivity index (χ3n) is 3.20. The van der Waals surface area contributed by atoms with Crippen LogP contribution in [0.25, 0.3) is 11.0 Å². The highest BCUT2D eigenvalue weighted by molar-refractivity contribution is 7.92. The summed E-state index contributed by atoms with van der Waals surface area (Å²) < 4.78 is 24.5. The molecule has 0 aromatic carbocycles. The molecule has 0 aliphatic carbocycles. The van der Waals surface area contributed by atoms with E-state index in [0.29, 0.717) is 5.69 Å². The summed E-state index contributed by atoms with van der Waals surface area (Å²) in [4.78, 5) is 16.1. The van der Waals surface area contributed by atoms with Gasteiger partial charge in [0.05, 0.1) is 18.1 Å². The Kier molecular flexibility index (Phi) is 3.99. The number of anilines is 1. The Morgan fingerprint density at radius 3 is 2.52 bits per heavy atom. The van der Waals surface area contributed by atoms with E-state index in [1.54, 1.807) is 16.9 Å². The smallest absolute Gasteiger partial charge is 0.242 e. The number of nitrogens with zero attached hydrogens (tertiary/aromatic N) is 3. The van der Waals surface area contributed by atoms with Gasteiger partial charge in [0.25, 0.3) is 0 Å². The lowest BCUT2D eigenvalue weighted by Crippen LogP contribution is -2.31. The molecule has 1 N–H and O–H groups in total. The Balaban J connectivity index is 2.27. The van der Waals surface area contributed by atoms with E-state index in [0.717, 1.165) is 17.3 Å². The van der Waals surface area contributed by atoms with Gasteiger partial charge in [-0.3, -0.25) is 4.79 Å². The van der Waals surface area contributed by atoms with Crippen LogP contribution >= 0.6 is 0 Å². The molecular weight excluding hydrogens is 292 g/mol. The Morgan fingerprint density at radius 2 is 1.95 bits per heavy atom. The summed E-state index contributed by atoms with van der Waals surface area (Å²) in [5.74, 6) is -0.574. The number of hydrogen-bond acceptors (Lipinski definition) is 5. The summed E-state index contributed by atoms with van der Waals surface area (Å²) in [6.45, 7) is 5.35. The second-order valence-electron chi connectivity index (χ2n) is 5.28. The van der Waals surface area contributed by atoms with Gasteiger partial charge in [0.1, 0.15) is 5.25 Å². The molecule has 114 valence electrons. The van der Waals surface area contributed by atoms with Crippen molar-refractivity contribution >= 4 is 32.5 Å². The third-order valence-corrected chi connectivity index (χ3v) is 4.70. The van der Waals surface area contributed by atoms with E-state index in [2.05, 4.69) is 15.4 Å². The van der Waals surface area contributed by atoms with Crippen LogP contribution in [0.5, 0.6) is 0 Å². The summed E-state index contributed by atoms with van der Waals surface area (Å²) in [5, 5.41) is 6.48. The lowest BCUT2D eigenvalue weighted by Gasteiger charge is -2.10. The molecule has 2 aromatic heterocycles. The van der Waals surface area contributed by atoms with Gasteiger partial charge in [0.15, 0.2) is 15.5 Å². The lowest BCUT2D eigenvalue weighted by molar-refractivity contribution is -0.115. The van der Waals surface area contributed by atoms with E-state index >= 15 is 0 Å². The molecule has 7 nitrogen and oxygen atoms in total. The van der Waals surface area contributed by atoms with Crippen LogP contribution in [0.2, 0.25) is 0 Å². The zero-order valence-electron chi connectivity index (χ0n) is 12.4. The van der Waals surface area contributed by atoms with Crippen LogP contribution in [0.4, 0.5) is 5.69 Å². The van der Waals surface area contributed by atoms with Crippen LogP contribution in [-0.4, -0.2) is 40.6 Å². The fourth-order valence-corrected chi connectivity index (χ4v) is 2.27. The molecule has 0 spiro atoms. The highest BCUT2D eigenvalue weighted by atomic mass is 32.2. The molecule has 21 heavy (non-hydrogen) atoms. The normalized spacial score (nSPS) is 13.6. The Bertz CT molecular complexity index is 780. The van der Waals surface area contributed by atoms with Gasteiger partial charge in [0, 0.05) is 17.7 Å². The number of rotatable bonds is 4. The standard InChI is InChI=1S/C13H18N4O3S/c1-8(2)17-12-10(6-15-17)5-11(7-14-12)16-13(18)9(3)21(4,19)20/h5-9H,1-4H3,(H,16,18). The van der Waals surface area contributed by atoms with E-state index in [1.807, 2.05) is 13.8 Å². The van der Waals surface area contributed by atoms with Gasteiger partial charge >= 0.3 is 0 Å². The van der Waals surface area contributed by atoms with Gasteiger partial charge in [0.2, 0.25) is 5.91 Å². The summed E-state index contributed by atoms with van der Waals surface area (Å²) in [7, 11) is -3.42. The Labute approximate surface area is 123 Å². The van der Waals surface area contributed by atoms with Crippen molar-refractivity contribution in [2.75, 3.05) is 11.6 Å². The van der Waals surface area contributed by atoms with Crippen LogP contribution in [0, 0.1) is 0 Å². The maximum absolute atomic E-state index is 11.9. The van der Waals surface area contributed by atoms with Crippen LogP contribution in [0.3, 0.4) is 0 Å². The fraction of sp³-hybridized carbons (Fsp3) is 0.462. The SMILES string of the molecule is CC(C)n1ncc2cc(NC(=O)C(C)S(C)(=O)=O)cnc21. The number of amides is 1. The first-order chi connectivity index (χ1) is 9.70. The number of carbonyl (C=O) groups is 1. The highest BCUT2D eigenvalue weighted by Gasteiger charge is 2.23. The predicted molar refractivity (Wildman–Crippen MR) is 80.8 cm³/mol. The van der Waals surface area contributed by atoms with E-state index in [-0.39, 0.29) is 6.04 Å². The van der Waals surface area contributed by atoms with Crippen LogP contribution in [-0.2, 0) is 14.6 Å². The maximum Gasteiger partial charge on any atom is 0.242 e. The first-order valence-corrected chi connectivity index (χ1v) is 8.48. The number of fused-ring (bicyclic) bond motifs is 1. The second-order valence-corrected chi connectivity index (χ2v) is 7.65. The number of aromatic nitrogens is 3. The summed E-state index contributed by atoms with van der Waals surface area (Å²) in [5.41, 5.74) is 1.17. The Morgan fingerprint density at radius 1 is 1.29 bits per heavy atom. The topological polar surface area (TPSA) is 94.0 Å². The number of nitrogens with one attached hydrogen (secondary N) is 1. The highest BCUT2D eigenvalue weighted by Crippen LogP contribution is 2.19. The molecule has 2 aromatic rings. The number of sulfone groups is 1. The first-order valence-electron chi connectivity index (χ1n) is 6.53. The van der Waals surface area contributed by atoms with E-state index < -0.39 is 21.0 Å². The van der Waals surface area contributed by atoms with Crippen molar-refractivity contribution < 1.29 is 13.2 Å². The van der Waals surface area contributed by atoms with Crippen molar-refractivity contribution in [3.8, 4) is 0 Å². The van der Waals surface area contributed by atoms with Gasteiger partial charge in [-0.25, -0.2) is 18.1 Å². The summed E-state index contributed by atoms with van der Waals surface area (Å²) in [6, 6.07) is 1.90. The van der Waals surface area contributed by atoms with Crippen molar-refractivity contribution in [3.05, 3.63) is 18.5 Å². The van der Waals surface area contributed by atoms with Gasteiger partial charge in [-0.1, -0.05) is 0 Å². The average Bonchev–Trinajstić information content (AvgIpc) is 2.79. The molecule has 0 aliphatic rings. The van der Waals surface area contributed by atoms with Crippen molar-refractivity contribution in [2.45, 2.75) is 32.1 Å². The molecular formula is C13H18N4O3S. The molecule has 0 bridgehead atoms. The van der Waals surface area contributed by atoms with Crippen molar-refractivity contribution in [2.24, 2.45) is 0 Å². The largest absolute Gasteiger partial charge is 0.324 e. The molecule has 0 saturated heterocycles. The molecule has 8 heteroatoms. The average molecular weight is 310 g/mol. The maximum atomic E-state index is 11.9. The van der Waals surface area contributed by atoms with Gasteiger partial charge < -0.3 is 5.32 Å². The van der Waals surface area contributed by atoms with Crippen LogP contribution < -0.4 is 5.32 Å². The summed E-state index contributed by atoms with van der Waals surface area (Å²) in [6.07, 6.45) is 4.19. The molecule has 0 radical (unpaired) electrons. The van der Waals surface area contributed by atoms with E-state index in [1.165, 1.54) is 13.1 Å². The minimum Gasteiger partial charge on any atom is -0.324 e. The van der Waals surface area contributed by atoms with Crippen LogP contribution in [0.1, 0.15) is 26.8 Å². The van der Waals surface area contributed by atoms with E-state index in [9.17, 15) is 13.2 Å². The predicted octanol–water partition coefficient (Wildman–Crippen LogP) is 1.38. The third kappa shape index (κ3) is 3.21. The van der Waals surface area contributed by atoms with Crippen LogP contribution in [0.15, 0.2) is 18.5 Å². The van der Waals surface area contributed by atoms with Gasteiger partial charge in [-0.05, 0) is 26.8 Å². The minimum absolute atomic E-state index is 0.181. The van der Waals surface area contributed by atoms with Gasteiger partial charge in [-0.15, -0.1) is 0 Å². The van der Waals surface area contributed by atoms with Crippen molar-refractivity contribution in [1.82, 2.24) is 14.8 Å².